The van der Waals surface area contributed by atoms with Gasteiger partial charge in [-0.05, 0) is 81.9 Å². The Balaban J connectivity index is 3.17. The smallest absolute Gasteiger partial charge is 0.408 e. The van der Waals surface area contributed by atoms with Crippen LogP contribution in [-0.2, 0) is 30.0 Å². The first-order chi connectivity index (χ1) is 21.1. The van der Waals surface area contributed by atoms with Gasteiger partial charge in [-0.1, -0.05) is 65.2 Å². The highest BCUT2D eigenvalue weighted by Gasteiger charge is 2.37. The molecule has 0 unspecified atom stereocenters. The first kappa shape index (κ1) is 41.3. The Morgan fingerprint density at radius 2 is 1.59 bits per heavy atom. The second-order valence-corrected chi connectivity index (χ2v) is 25.8. The minimum Gasteiger partial charge on any atom is -0.445 e. The second kappa shape index (κ2) is 18.6. The molecule has 0 radical (unpaired) electrons. The van der Waals surface area contributed by atoms with Crippen LogP contribution in [0.15, 0.2) is 36.9 Å². The number of carbonyl (C=O) groups excluding carboxylic acids is 3. The van der Waals surface area contributed by atoms with Crippen molar-refractivity contribution in [3.05, 3.63) is 42.5 Å². The van der Waals surface area contributed by atoms with Crippen LogP contribution in [0.2, 0.25) is 43.8 Å². The summed E-state index contributed by atoms with van der Waals surface area (Å²) >= 11 is 0. The van der Waals surface area contributed by atoms with E-state index in [-0.39, 0.29) is 24.3 Å². The molecule has 0 spiro atoms. The molecule has 1 aromatic rings. The molecular weight excluding hydrogens is 619 g/mol. The van der Waals surface area contributed by atoms with Crippen LogP contribution in [0.3, 0.4) is 0 Å². The molecule has 0 saturated carbocycles. The van der Waals surface area contributed by atoms with E-state index in [1.165, 1.54) is 6.08 Å². The number of unbranched alkanes of at least 4 members (excludes halogenated alkanes) is 1. The molecule has 0 aromatic heterocycles. The van der Waals surface area contributed by atoms with Gasteiger partial charge in [0.1, 0.15) is 25.0 Å². The van der Waals surface area contributed by atoms with Crippen LogP contribution in [0, 0.1) is 0 Å². The average Bonchev–Trinajstić information content (AvgIpc) is 2.92. The summed E-state index contributed by atoms with van der Waals surface area (Å²) < 4.78 is 22.9. The van der Waals surface area contributed by atoms with Crippen molar-refractivity contribution in [2.75, 3.05) is 31.4 Å². The van der Waals surface area contributed by atoms with Gasteiger partial charge in [-0.3, -0.25) is 9.69 Å². The van der Waals surface area contributed by atoms with E-state index in [1.807, 2.05) is 24.3 Å². The van der Waals surface area contributed by atoms with Crippen LogP contribution in [0.5, 0.6) is 0 Å². The van der Waals surface area contributed by atoms with Crippen LogP contribution in [-0.4, -0.2) is 72.6 Å². The standard InChI is InChI=1S/C34H61N3O7Si2/c1-13-22-42-31(39)35-21-15-14-16-29(36-32(40)44-33(2,3)4)30(38)37(26-41-23-24-45(8,9)10)28-19-17-27(18-20-28)25-43-46(11,12)34(5,6)7/h13,17-20,29H,1,14-16,21-26H2,2-12H3,(H,35,39)(H,36,40)/t29-/m0/s1. The fourth-order valence-corrected chi connectivity index (χ4v) is 5.51. The number of anilines is 1. The number of hydrogen-bond acceptors (Lipinski definition) is 7. The van der Waals surface area contributed by atoms with Gasteiger partial charge in [0, 0.05) is 26.9 Å². The Kier molecular flexibility index (Phi) is 16.7. The van der Waals surface area contributed by atoms with Gasteiger partial charge in [-0.15, -0.1) is 0 Å². The van der Waals surface area contributed by atoms with Crippen LogP contribution in [0.1, 0.15) is 66.4 Å². The average molecular weight is 680 g/mol. The van der Waals surface area contributed by atoms with E-state index >= 15 is 0 Å². The largest absolute Gasteiger partial charge is 0.445 e. The highest BCUT2D eigenvalue weighted by molar-refractivity contribution is 6.76. The third kappa shape index (κ3) is 16.8. The number of benzene rings is 1. The molecule has 1 aromatic carbocycles. The van der Waals surface area contributed by atoms with Gasteiger partial charge < -0.3 is 29.3 Å². The van der Waals surface area contributed by atoms with Crippen molar-refractivity contribution in [2.45, 2.75) is 123 Å². The molecule has 0 aliphatic rings. The molecule has 262 valence electrons. The monoisotopic (exact) mass is 679 g/mol. The quantitative estimate of drug-likeness (QED) is 0.0703. The van der Waals surface area contributed by atoms with E-state index in [0.29, 0.717) is 44.7 Å². The molecule has 3 amide bonds. The lowest BCUT2D eigenvalue weighted by molar-refractivity contribution is -0.122. The summed E-state index contributed by atoms with van der Waals surface area (Å²) in [6.07, 6.45) is 1.77. The number of nitrogens with zero attached hydrogens (tertiary/aromatic N) is 1. The first-order valence-electron chi connectivity index (χ1n) is 16.3. The Morgan fingerprint density at radius 3 is 2.13 bits per heavy atom. The summed E-state index contributed by atoms with van der Waals surface area (Å²) in [5.41, 5.74) is 0.954. The molecule has 0 fully saturated rings. The fraction of sp³-hybridized carbons (Fsp3) is 0.676. The molecule has 10 nitrogen and oxygen atoms in total. The van der Waals surface area contributed by atoms with Crippen molar-refractivity contribution >= 4 is 40.2 Å². The zero-order valence-electron chi connectivity index (χ0n) is 30.3. The van der Waals surface area contributed by atoms with Crippen molar-refractivity contribution < 1.29 is 33.0 Å². The number of ether oxygens (including phenoxy) is 3. The SMILES string of the molecule is C=CCOC(=O)NCCCC[C@H](NC(=O)OC(C)(C)C)C(=O)N(COCC[Si](C)(C)C)c1ccc(CO[Si](C)(C)C(C)(C)C)cc1. The fourth-order valence-electron chi connectivity index (χ4n) is 3.80. The highest BCUT2D eigenvalue weighted by Crippen LogP contribution is 2.37. The van der Waals surface area contributed by atoms with Crippen LogP contribution in [0.25, 0.3) is 0 Å². The number of amides is 3. The molecule has 0 saturated heterocycles. The summed E-state index contributed by atoms with van der Waals surface area (Å²) in [7, 11) is -3.27. The van der Waals surface area contributed by atoms with Crippen LogP contribution < -0.4 is 15.5 Å². The zero-order chi connectivity index (χ0) is 35.2. The molecule has 0 heterocycles. The van der Waals surface area contributed by atoms with Crippen molar-refractivity contribution in [1.29, 1.82) is 0 Å². The third-order valence-corrected chi connectivity index (χ3v) is 13.8. The minimum atomic E-state index is -1.93. The molecule has 0 aliphatic heterocycles. The van der Waals surface area contributed by atoms with E-state index in [0.717, 1.165) is 11.6 Å². The number of rotatable bonds is 18. The summed E-state index contributed by atoms with van der Waals surface area (Å²) in [6.45, 7) is 28.3. The molecule has 2 N–H and O–H groups in total. The van der Waals surface area contributed by atoms with Gasteiger partial charge in [0.2, 0.25) is 0 Å². The number of hydrogen-bond donors (Lipinski definition) is 2. The maximum atomic E-state index is 14.1. The van der Waals surface area contributed by atoms with Crippen LogP contribution in [0.4, 0.5) is 15.3 Å². The highest BCUT2D eigenvalue weighted by atomic mass is 28.4. The Morgan fingerprint density at radius 1 is 0.957 bits per heavy atom. The van der Waals surface area contributed by atoms with E-state index in [2.05, 4.69) is 70.7 Å². The Labute approximate surface area is 280 Å². The van der Waals surface area contributed by atoms with Crippen LogP contribution >= 0.6 is 0 Å². The number of nitrogens with one attached hydrogen (secondary N) is 2. The van der Waals surface area contributed by atoms with E-state index in [1.54, 1.807) is 25.7 Å². The van der Waals surface area contributed by atoms with Gasteiger partial charge in [0.15, 0.2) is 8.32 Å². The van der Waals surface area contributed by atoms with E-state index in [4.69, 9.17) is 18.6 Å². The normalized spacial score (nSPS) is 13.0. The second-order valence-electron chi connectivity index (χ2n) is 15.3. The lowest BCUT2D eigenvalue weighted by Crippen LogP contribution is -2.50. The van der Waals surface area contributed by atoms with Crippen molar-refractivity contribution in [1.82, 2.24) is 10.6 Å². The molecule has 0 bridgehead atoms. The maximum Gasteiger partial charge on any atom is 0.408 e. The van der Waals surface area contributed by atoms with Crippen molar-refractivity contribution in [3.63, 3.8) is 0 Å². The van der Waals surface area contributed by atoms with Gasteiger partial charge >= 0.3 is 12.2 Å². The topological polar surface area (TPSA) is 115 Å². The molecule has 1 rings (SSSR count). The lowest BCUT2D eigenvalue weighted by atomic mass is 10.1. The first-order valence-corrected chi connectivity index (χ1v) is 22.9. The number of carbonyl (C=O) groups is 3. The van der Waals surface area contributed by atoms with Gasteiger partial charge in [-0.2, -0.15) is 0 Å². The summed E-state index contributed by atoms with van der Waals surface area (Å²) in [5.74, 6) is -0.303. The number of alkyl carbamates (subject to hydrolysis) is 2. The molecule has 1 atom stereocenters. The predicted molar refractivity (Wildman–Crippen MR) is 191 cm³/mol. The summed E-state index contributed by atoms with van der Waals surface area (Å²) in [6, 6.07) is 7.82. The van der Waals surface area contributed by atoms with Crippen molar-refractivity contribution in [3.8, 4) is 0 Å². The Bertz CT molecular complexity index is 1110. The minimum absolute atomic E-state index is 0.0479. The van der Waals surface area contributed by atoms with E-state index < -0.39 is 40.2 Å². The molecule has 46 heavy (non-hydrogen) atoms. The zero-order valence-corrected chi connectivity index (χ0v) is 32.3. The van der Waals surface area contributed by atoms with Gasteiger partial charge in [0.05, 0.1) is 6.61 Å². The lowest BCUT2D eigenvalue weighted by Gasteiger charge is -2.36. The summed E-state index contributed by atoms with van der Waals surface area (Å²) in [4.78, 5) is 40.3. The molecule has 12 heteroatoms. The molecular formula is C34H61N3O7Si2. The predicted octanol–water partition coefficient (Wildman–Crippen LogP) is 7.83. The molecule has 0 aliphatic carbocycles. The Hall–Kier alpha value is -2.68. The maximum absolute atomic E-state index is 14.1. The third-order valence-electron chi connectivity index (χ3n) is 7.65. The van der Waals surface area contributed by atoms with E-state index in [9.17, 15) is 14.4 Å². The summed E-state index contributed by atoms with van der Waals surface area (Å²) in [5, 5.41) is 5.57. The van der Waals surface area contributed by atoms with Gasteiger partial charge in [-0.25, -0.2) is 9.59 Å². The van der Waals surface area contributed by atoms with Crippen molar-refractivity contribution in [2.24, 2.45) is 0 Å². The van der Waals surface area contributed by atoms with Gasteiger partial charge in [0.25, 0.3) is 5.91 Å².